The number of rotatable bonds is 9. The number of benzene rings is 1. The molecule has 4 heterocycles. The summed E-state index contributed by atoms with van der Waals surface area (Å²) in [7, 11) is 0. The molecule has 48 heavy (non-hydrogen) atoms. The lowest BCUT2D eigenvalue weighted by Gasteiger charge is -2.40. The fourth-order valence-corrected chi connectivity index (χ4v) is 7.97. The molecule has 1 aromatic rings. The van der Waals surface area contributed by atoms with E-state index in [0.29, 0.717) is 50.0 Å². The van der Waals surface area contributed by atoms with E-state index in [1.807, 2.05) is 43.0 Å². The van der Waals surface area contributed by atoms with Gasteiger partial charge in [0.1, 0.15) is 12.9 Å². The SMILES string of the molecule is CC(C=C[C@@H]1C[C@]2(CO2)CC(C)(C)O1)=CCN(C(=O)c1ccccc1C(C)OC(=O)N1CCN(C2CCCCC2)CC1)C1COCOC1. The van der Waals surface area contributed by atoms with Gasteiger partial charge < -0.3 is 33.5 Å². The first-order valence-electron chi connectivity index (χ1n) is 18.0. The minimum atomic E-state index is -0.589. The number of amides is 2. The van der Waals surface area contributed by atoms with Crippen molar-refractivity contribution in [1.82, 2.24) is 14.7 Å². The predicted molar refractivity (Wildman–Crippen MR) is 183 cm³/mol. The third-order valence-corrected chi connectivity index (χ3v) is 10.6. The van der Waals surface area contributed by atoms with Crippen LogP contribution in [0.5, 0.6) is 0 Å². The zero-order valence-corrected chi connectivity index (χ0v) is 29.4. The molecule has 5 aliphatic rings. The number of piperazine rings is 1. The van der Waals surface area contributed by atoms with Crippen molar-refractivity contribution in [2.45, 2.75) is 108 Å². The molecule has 10 nitrogen and oxygen atoms in total. The molecule has 0 bridgehead atoms. The Morgan fingerprint density at radius 1 is 1.06 bits per heavy atom. The van der Waals surface area contributed by atoms with Crippen molar-refractivity contribution in [2.75, 3.05) is 59.3 Å². The smallest absolute Gasteiger partial charge is 0.410 e. The molecule has 1 spiro atoms. The average molecular weight is 666 g/mol. The highest BCUT2D eigenvalue weighted by atomic mass is 16.7. The highest BCUT2D eigenvalue weighted by Crippen LogP contribution is 2.46. The lowest BCUT2D eigenvalue weighted by atomic mass is 9.85. The molecule has 1 aliphatic carbocycles. The molecule has 0 N–H and O–H groups in total. The minimum absolute atomic E-state index is 0.0192. The number of epoxide rings is 1. The van der Waals surface area contributed by atoms with Crippen LogP contribution in [0.1, 0.15) is 94.7 Å². The minimum Gasteiger partial charge on any atom is -0.441 e. The Hall–Kier alpha value is -2.76. The lowest BCUT2D eigenvalue weighted by Crippen LogP contribution is -2.52. The van der Waals surface area contributed by atoms with E-state index in [9.17, 15) is 9.59 Å². The lowest BCUT2D eigenvalue weighted by molar-refractivity contribution is -0.128. The Bertz CT molecular complexity index is 1320. The van der Waals surface area contributed by atoms with E-state index >= 15 is 0 Å². The second-order valence-corrected chi connectivity index (χ2v) is 15.0. The molecule has 0 radical (unpaired) electrons. The standard InChI is InChI=1S/C38H55N3O7/c1-28(14-15-32-22-38(26-46-38)25-37(3,4)48-32)16-17-41(31-23-44-27-45-24-31)35(42)34-13-9-8-12-33(34)29(2)47-36(43)40-20-18-39(19-21-40)30-10-6-5-7-11-30/h8-9,12-16,29-32H,5-7,10-11,17-27H2,1-4H3/t29?,32-,38-/m1/s1. The van der Waals surface area contributed by atoms with Crippen LogP contribution in [0.15, 0.2) is 48.1 Å². The monoisotopic (exact) mass is 665 g/mol. The van der Waals surface area contributed by atoms with Gasteiger partial charge in [-0.15, -0.1) is 0 Å². The second kappa shape index (κ2) is 15.4. The zero-order chi connectivity index (χ0) is 33.7. The van der Waals surface area contributed by atoms with Gasteiger partial charge in [0.2, 0.25) is 0 Å². The molecule has 4 saturated heterocycles. The van der Waals surface area contributed by atoms with Crippen molar-refractivity contribution in [1.29, 1.82) is 0 Å². The number of allylic oxidation sites excluding steroid dienone is 2. The van der Waals surface area contributed by atoms with Gasteiger partial charge in [-0.3, -0.25) is 9.69 Å². The van der Waals surface area contributed by atoms with Crippen molar-refractivity contribution >= 4 is 12.0 Å². The molecule has 1 aromatic carbocycles. The van der Waals surface area contributed by atoms with Gasteiger partial charge in [-0.2, -0.15) is 0 Å². The first kappa shape index (κ1) is 35.1. The largest absolute Gasteiger partial charge is 0.441 e. The molecular formula is C38H55N3O7. The first-order chi connectivity index (χ1) is 23.1. The molecule has 5 fully saturated rings. The van der Waals surface area contributed by atoms with Gasteiger partial charge in [0, 0.05) is 62.7 Å². The van der Waals surface area contributed by atoms with Gasteiger partial charge in [-0.1, -0.05) is 61.3 Å². The van der Waals surface area contributed by atoms with E-state index in [1.54, 1.807) is 4.90 Å². The van der Waals surface area contributed by atoms with Crippen LogP contribution in [-0.4, -0.2) is 115 Å². The average Bonchev–Trinajstić information content (AvgIpc) is 3.84. The fraction of sp³-hybridized carbons (Fsp3) is 0.684. The third kappa shape index (κ3) is 8.87. The van der Waals surface area contributed by atoms with Crippen molar-refractivity contribution in [3.8, 4) is 0 Å². The fourth-order valence-electron chi connectivity index (χ4n) is 7.97. The van der Waals surface area contributed by atoms with Gasteiger partial charge in [-0.05, 0) is 46.6 Å². The van der Waals surface area contributed by atoms with Crippen molar-refractivity contribution in [2.24, 2.45) is 0 Å². The summed E-state index contributed by atoms with van der Waals surface area (Å²) in [6.07, 6.45) is 13.5. The summed E-state index contributed by atoms with van der Waals surface area (Å²) in [5.74, 6) is -0.146. The van der Waals surface area contributed by atoms with E-state index in [2.05, 4.69) is 37.0 Å². The van der Waals surface area contributed by atoms with Crippen molar-refractivity contribution < 1.29 is 33.3 Å². The number of carbonyl (C=O) groups excluding carboxylic acids is 2. The van der Waals surface area contributed by atoms with Gasteiger partial charge in [0.15, 0.2) is 0 Å². The van der Waals surface area contributed by atoms with Crippen molar-refractivity contribution in [3.63, 3.8) is 0 Å². The van der Waals surface area contributed by atoms with Crippen LogP contribution < -0.4 is 0 Å². The van der Waals surface area contributed by atoms with Crippen LogP contribution in [0.3, 0.4) is 0 Å². The van der Waals surface area contributed by atoms with Crippen LogP contribution in [0.4, 0.5) is 4.79 Å². The molecule has 4 aliphatic heterocycles. The maximum absolute atomic E-state index is 14.3. The van der Waals surface area contributed by atoms with Crippen LogP contribution in [-0.2, 0) is 23.7 Å². The maximum atomic E-state index is 14.3. The summed E-state index contributed by atoms with van der Waals surface area (Å²) in [5, 5.41) is 0. The molecule has 1 saturated carbocycles. The highest BCUT2D eigenvalue weighted by molar-refractivity contribution is 5.96. The predicted octanol–water partition coefficient (Wildman–Crippen LogP) is 5.88. The summed E-state index contributed by atoms with van der Waals surface area (Å²) in [6, 6.07) is 7.83. The Morgan fingerprint density at radius 3 is 2.48 bits per heavy atom. The van der Waals surface area contributed by atoms with Crippen LogP contribution in [0, 0.1) is 0 Å². The number of hydrogen-bond acceptors (Lipinski definition) is 8. The van der Waals surface area contributed by atoms with E-state index < -0.39 is 6.10 Å². The Labute approximate surface area is 286 Å². The van der Waals surface area contributed by atoms with Gasteiger partial charge in [0.05, 0.1) is 43.2 Å². The number of carbonyl (C=O) groups is 2. The Kier molecular flexibility index (Phi) is 11.3. The molecule has 2 amide bonds. The quantitative estimate of drug-likeness (QED) is 0.239. The molecule has 0 aromatic heterocycles. The summed E-state index contributed by atoms with van der Waals surface area (Å²) >= 11 is 0. The molecule has 6 rings (SSSR count). The van der Waals surface area contributed by atoms with Crippen LogP contribution >= 0.6 is 0 Å². The number of ether oxygens (including phenoxy) is 5. The number of nitrogens with zero attached hydrogens (tertiary/aromatic N) is 3. The van der Waals surface area contributed by atoms with Gasteiger partial charge >= 0.3 is 6.09 Å². The third-order valence-electron chi connectivity index (χ3n) is 10.6. The molecule has 10 heteroatoms. The summed E-state index contributed by atoms with van der Waals surface area (Å²) < 4.78 is 29.3. The molecular weight excluding hydrogens is 610 g/mol. The molecule has 1 unspecified atom stereocenters. The summed E-state index contributed by atoms with van der Waals surface area (Å²) in [5.41, 5.74) is 1.96. The maximum Gasteiger partial charge on any atom is 0.410 e. The molecule has 264 valence electrons. The van der Waals surface area contributed by atoms with Crippen molar-refractivity contribution in [3.05, 3.63) is 59.2 Å². The van der Waals surface area contributed by atoms with E-state index in [-0.39, 0.29) is 42.1 Å². The summed E-state index contributed by atoms with van der Waals surface area (Å²) in [6.45, 7) is 13.4. The Balaban J connectivity index is 1.10. The Morgan fingerprint density at radius 2 is 1.77 bits per heavy atom. The molecule has 3 atom stereocenters. The van der Waals surface area contributed by atoms with Crippen LogP contribution in [0.25, 0.3) is 0 Å². The van der Waals surface area contributed by atoms with Gasteiger partial charge in [0.25, 0.3) is 5.91 Å². The second-order valence-electron chi connectivity index (χ2n) is 15.0. The summed E-state index contributed by atoms with van der Waals surface area (Å²) in [4.78, 5) is 33.7. The van der Waals surface area contributed by atoms with E-state index in [4.69, 9.17) is 23.7 Å². The number of hydrogen-bond donors (Lipinski definition) is 0. The zero-order valence-electron chi connectivity index (χ0n) is 29.4. The highest BCUT2D eigenvalue weighted by Gasteiger charge is 2.53. The van der Waals surface area contributed by atoms with Gasteiger partial charge in [-0.25, -0.2) is 4.79 Å². The van der Waals surface area contributed by atoms with E-state index in [1.165, 1.54) is 32.1 Å². The first-order valence-corrected chi connectivity index (χ1v) is 18.0. The normalized spacial score (nSPS) is 28.0. The van der Waals surface area contributed by atoms with Crippen LogP contribution in [0.2, 0.25) is 0 Å². The topological polar surface area (TPSA) is 93.3 Å². The van der Waals surface area contributed by atoms with E-state index in [0.717, 1.165) is 38.1 Å².